The third-order valence-corrected chi connectivity index (χ3v) is 3.58. The van der Waals surface area contributed by atoms with Crippen LogP contribution in [0.4, 0.5) is 5.69 Å². The van der Waals surface area contributed by atoms with Crippen molar-refractivity contribution in [3.05, 3.63) is 38.9 Å². The molecule has 0 radical (unpaired) electrons. The molecule has 0 amide bonds. The third kappa shape index (κ3) is 4.45. The van der Waals surface area contributed by atoms with E-state index in [4.69, 9.17) is 11.6 Å². The fraction of sp³-hybridized carbons (Fsp3) is 0.538. The van der Waals surface area contributed by atoms with Crippen LogP contribution >= 0.6 is 11.6 Å². The van der Waals surface area contributed by atoms with Crippen LogP contribution in [0.3, 0.4) is 0 Å². The van der Waals surface area contributed by atoms with Crippen molar-refractivity contribution in [3.63, 3.8) is 0 Å². The normalized spacial score (nSPS) is 14.4. The molecule has 1 unspecified atom stereocenters. The predicted octanol–water partition coefficient (Wildman–Crippen LogP) is 2.74. The molecule has 1 aromatic carbocycles. The Morgan fingerprint density at radius 3 is 2.68 bits per heavy atom. The maximum atomic E-state index is 10.8. The minimum atomic E-state index is -0.807. The molecule has 0 aliphatic heterocycles. The van der Waals surface area contributed by atoms with Gasteiger partial charge < -0.3 is 10.4 Å². The first-order chi connectivity index (χ1) is 8.74. The van der Waals surface area contributed by atoms with E-state index in [1.54, 1.807) is 13.0 Å². The van der Waals surface area contributed by atoms with Crippen LogP contribution in [0.2, 0.25) is 5.02 Å². The number of halogens is 1. The summed E-state index contributed by atoms with van der Waals surface area (Å²) in [4.78, 5) is 10.3. The predicted molar refractivity (Wildman–Crippen MR) is 75.3 cm³/mol. The highest BCUT2D eigenvalue weighted by Crippen LogP contribution is 2.25. The fourth-order valence-electron chi connectivity index (χ4n) is 1.47. The van der Waals surface area contributed by atoms with E-state index in [1.165, 1.54) is 12.1 Å². The van der Waals surface area contributed by atoms with Gasteiger partial charge in [-0.2, -0.15) is 0 Å². The third-order valence-electron chi connectivity index (χ3n) is 3.26. The molecular weight excluding hydrogens is 268 g/mol. The SMILES string of the molecule is CC(C)C(C)(O)CNCc1ccc(Cl)c([N+](=O)[O-])c1. The van der Waals surface area contributed by atoms with Gasteiger partial charge in [0.25, 0.3) is 5.69 Å². The second-order valence-corrected chi connectivity index (χ2v) is 5.57. The highest BCUT2D eigenvalue weighted by atomic mass is 35.5. The molecule has 0 bridgehead atoms. The second kappa shape index (κ2) is 6.32. The van der Waals surface area contributed by atoms with E-state index >= 15 is 0 Å². The minimum Gasteiger partial charge on any atom is -0.389 e. The molecule has 19 heavy (non-hydrogen) atoms. The van der Waals surface area contributed by atoms with E-state index in [0.717, 1.165) is 5.56 Å². The van der Waals surface area contributed by atoms with Crippen LogP contribution in [0.15, 0.2) is 18.2 Å². The lowest BCUT2D eigenvalue weighted by Crippen LogP contribution is -2.41. The number of benzene rings is 1. The summed E-state index contributed by atoms with van der Waals surface area (Å²) < 4.78 is 0. The van der Waals surface area contributed by atoms with Crippen molar-refractivity contribution in [3.8, 4) is 0 Å². The van der Waals surface area contributed by atoms with Crippen LogP contribution in [-0.4, -0.2) is 22.2 Å². The van der Waals surface area contributed by atoms with E-state index < -0.39 is 10.5 Å². The Kier molecular flexibility index (Phi) is 5.29. The van der Waals surface area contributed by atoms with E-state index in [1.807, 2.05) is 13.8 Å². The number of hydrogen-bond acceptors (Lipinski definition) is 4. The van der Waals surface area contributed by atoms with Crippen LogP contribution in [0.25, 0.3) is 0 Å². The Labute approximate surface area is 117 Å². The molecule has 0 aromatic heterocycles. The zero-order chi connectivity index (χ0) is 14.6. The Balaban J connectivity index is 2.64. The van der Waals surface area contributed by atoms with Gasteiger partial charge in [0.05, 0.1) is 10.5 Å². The first-order valence-corrected chi connectivity index (χ1v) is 6.47. The van der Waals surface area contributed by atoms with Gasteiger partial charge in [0.1, 0.15) is 5.02 Å². The van der Waals surface area contributed by atoms with Gasteiger partial charge >= 0.3 is 0 Å². The van der Waals surface area contributed by atoms with Crippen molar-refractivity contribution in [1.82, 2.24) is 5.32 Å². The van der Waals surface area contributed by atoms with E-state index in [0.29, 0.717) is 13.1 Å². The lowest BCUT2D eigenvalue weighted by Gasteiger charge is -2.28. The van der Waals surface area contributed by atoms with Crippen molar-refractivity contribution in [2.45, 2.75) is 32.9 Å². The molecule has 106 valence electrons. The summed E-state index contributed by atoms with van der Waals surface area (Å²) in [6.45, 7) is 6.50. The average Bonchev–Trinajstić information content (AvgIpc) is 2.30. The van der Waals surface area contributed by atoms with Crippen molar-refractivity contribution >= 4 is 17.3 Å². The molecule has 0 fully saturated rings. The van der Waals surface area contributed by atoms with Gasteiger partial charge in [-0.3, -0.25) is 10.1 Å². The van der Waals surface area contributed by atoms with Gasteiger partial charge in [0, 0.05) is 19.2 Å². The molecule has 2 N–H and O–H groups in total. The van der Waals surface area contributed by atoms with E-state index in [9.17, 15) is 15.2 Å². The minimum absolute atomic E-state index is 0.100. The second-order valence-electron chi connectivity index (χ2n) is 5.16. The Bertz CT molecular complexity index is 461. The number of hydrogen-bond donors (Lipinski definition) is 2. The fourth-order valence-corrected chi connectivity index (χ4v) is 1.66. The summed E-state index contributed by atoms with van der Waals surface area (Å²) in [6, 6.07) is 4.68. The number of nitrogens with zero attached hydrogens (tertiary/aromatic N) is 1. The van der Waals surface area contributed by atoms with Gasteiger partial charge in [-0.25, -0.2) is 0 Å². The van der Waals surface area contributed by atoms with Crippen LogP contribution in [0.1, 0.15) is 26.3 Å². The first kappa shape index (κ1) is 15.9. The summed E-state index contributed by atoms with van der Waals surface area (Å²) >= 11 is 5.74. The zero-order valence-corrected chi connectivity index (χ0v) is 12.1. The summed E-state index contributed by atoms with van der Waals surface area (Å²) in [7, 11) is 0. The van der Waals surface area contributed by atoms with Gasteiger partial charge in [0.15, 0.2) is 0 Å². The average molecular weight is 287 g/mol. The van der Waals surface area contributed by atoms with Crippen LogP contribution in [0, 0.1) is 16.0 Å². The first-order valence-electron chi connectivity index (χ1n) is 6.10. The van der Waals surface area contributed by atoms with Crippen LogP contribution in [0.5, 0.6) is 0 Å². The van der Waals surface area contributed by atoms with Gasteiger partial charge in [0.2, 0.25) is 0 Å². The van der Waals surface area contributed by atoms with Crippen molar-refractivity contribution in [2.24, 2.45) is 5.92 Å². The molecule has 6 heteroatoms. The Hall–Kier alpha value is -1.17. The molecular formula is C13H19ClN2O3. The van der Waals surface area contributed by atoms with E-state index in [-0.39, 0.29) is 16.6 Å². The summed E-state index contributed by atoms with van der Waals surface area (Å²) in [5, 5.41) is 24.0. The number of nitro groups is 1. The number of rotatable bonds is 6. The molecule has 0 spiro atoms. The highest BCUT2D eigenvalue weighted by molar-refractivity contribution is 6.32. The number of nitrogens with one attached hydrogen (secondary N) is 1. The lowest BCUT2D eigenvalue weighted by molar-refractivity contribution is -0.384. The molecule has 0 heterocycles. The molecule has 0 aliphatic carbocycles. The van der Waals surface area contributed by atoms with E-state index in [2.05, 4.69) is 5.32 Å². The van der Waals surface area contributed by atoms with Crippen LogP contribution < -0.4 is 5.32 Å². The quantitative estimate of drug-likeness (QED) is 0.623. The molecule has 1 rings (SSSR count). The lowest BCUT2D eigenvalue weighted by atomic mass is 9.92. The Morgan fingerprint density at radius 2 is 2.16 bits per heavy atom. The summed E-state index contributed by atoms with van der Waals surface area (Å²) in [5.74, 6) is 0.125. The maximum absolute atomic E-state index is 10.8. The largest absolute Gasteiger partial charge is 0.389 e. The van der Waals surface area contributed by atoms with Crippen LogP contribution in [-0.2, 0) is 6.54 Å². The molecule has 5 nitrogen and oxygen atoms in total. The van der Waals surface area contributed by atoms with Gasteiger partial charge in [-0.15, -0.1) is 0 Å². The molecule has 1 atom stereocenters. The van der Waals surface area contributed by atoms with Gasteiger partial charge in [-0.05, 0) is 24.5 Å². The zero-order valence-electron chi connectivity index (χ0n) is 11.3. The maximum Gasteiger partial charge on any atom is 0.288 e. The van der Waals surface area contributed by atoms with Gasteiger partial charge in [-0.1, -0.05) is 31.5 Å². The van der Waals surface area contributed by atoms with Crippen molar-refractivity contribution in [1.29, 1.82) is 0 Å². The Morgan fingerprint density at radius 1 is 1.53 bits per heavy atom. The number of nitro benzene ring substituents is 1. The smallest absolute Gasteiger partial charge is 0.288 e. The summed E-state index contributed by atoms with van der Waals surface area (Å²) in [5.41, 5.74) is -0.148. The van der Waals surface area contributed by atoms with Crippen molar-refractivity contribution in [2.75, 3.05) is 6.54 Å². The molecule has 0 saturated heterocycles. The molecule has 0 aliphatic rings. The topological polar surface area (TPSA) is 75.4 Å². The molecule has 0 saturated carbocycles. The number of aliphatic hydroxyl groups is 1. The summed E-state index contributed by atoms with van der Waals surface area (Å²) in [6.07, 6.45) is 0. The highest BCUT2D eigenvalue weighted by Gasteiger charge is 2.24. The molecule has 1 aromatic rings. The monoisotopic (exact) mass is 286 g/mol. The standard InChI is InChI=1S/C13H19ClN2O3/c1-9(2)13(3,17)8-15-7-10-4-5-11(14)12(6-10)16(18)19/h4-6,9,15,17H,7-8H2,1-3H3. The van der Waals surface area contributed by atoms with Crippen molar-refractivity contribution < 1.29 is 10.0 Å².